The number of anilines is 1. The lowest BCUT2D eigenvalue weighted by atomic mass is 10.2. The number of fused-ring (bicyclic) bond motifs is 1. The van der Waals surface area contributed by atoms with Gasteiger partial charge in [0.15, 0.2) is 5.13 Å². The van der Waals surface area contributed by atoms with Gasteiger partial charge in [-0.2, -0.15) is 0 Å². The van der Waals surface area contributed by atoms with Gasteiger partial charge in [-0.3, -0.25) is 14.9 Å². The molecule has 0 fully saturated rings. The van der Waals surface area contributed by atoms with Gasteiger partial charge in [-0.15, -0.1) is 0 Å². The molecule has 0 saturated carbocycles. The Morgan fingerprint density at radius 1 is 1.37 bits per heavy atom. The van der Waals surface area contributed by atoms with Crippen LogP contribution in [0.15, 0.2) is 30.5 Å². The van der Waals surface area contributed by atoms with Crippen molar-refractivity contribution in [1.29, 1.82) is 0 Å². The van der Waals surface area contributed by atoms with E-state index >= 15 is 0 Å². The van der Waals surface area contributed by atoms with Gasteiger partial charge in [0, 0.05) is 12.3 Å². The predicted molar refractivity (Wildman–Crippen MR) is 100 cm³/mol. The molecule has 0 atom stereocenters. The summed E-state index contributed by atoms with van der Waals surface area (Å²) in [7, 11) is 0. The van der Waals surface area contributed by atoms with E-state index in [9.17, 15) is 19.7 Å². The Kier molecular flexibility index (Phi) is 5.17. The van der Waals surface area contributed by atoms with Crippen molar-refractivity contribution in [2.45, 2.75) is 20.4 Å². The highest BCUT2D eigenvalue weighted by molar-refractivity contribution is 7.17. The van der Waals surface area contributed by atoms with E-state index in [1.807, 2.05) is 0 Å². The number of esters is 1. The Hall–Kier alpha value is -3.27. The molecule has 0 bridgehead atoms. The quantitative estimate of drug-likeness (QED) is 0.394. The molecular formula is C17H16N4O5S. The Labute approximate surface area is 157 Å². The van der Waals surface area contributed by atoms with Crippen molar-refractivity contribution in [1.82, 2.24) is 9.55 Å². The van der Waals surface area contributed by atoms with Gasteiger partial charge in [-0.1, -0.05) is 17.4 Å². The number of ether oxygens (including phenoxy) is 1. The summed E-state index contributed by atoms with van der Waals surface area (Å²) in [5, 5.41) is 14.5. The van der Waals surface area contributed by atoms with Crippen LogP contribution >= 0.6 is 11.3 Å². The lowest BCUT2D eigenvalue weighted by molar-refractivity contribution is -0.383. The fraction of sp³-hybridized carbons (Fsp3) is 0.235. The molecule has 0 aliphatic carbocycles. The fourth-order valence-electron chi connectivity index (χ4n) is 2.65. The Morgan fingerprint density at radius 3 is 2.85 bits per heavy atom. The van der Waals surface area contributed by atoms with E-state index in [0.29, 0.717) is 26.6 Å². The van der Waals surface area contributed by atoms with Crippen LogP contribution in [-0.4, -0.2) is 33.0 Å². The first-order chi connectivity index (χ1) is 12.9. The van der Waals surface area contributed by atoms with E-state index in [1.54, 1.807) is 42.8 Å². The maximum absolute atomic E-state index is 12.3. The molecule has 0 radical (unpaired) electrons. The number of carbonyl (C=O) groups is 2. The highest BCUT2D eigenvalue weighted by Crippen LogP contribution is 2.27. The first kappa shape index (κ1) is 18.5. The van der Waals surface area contributed by atoms with Crippen molar-refractivity contribution in [3.8, 4) is 0 Å². The lowest BCUT2D eigenvalue weighted by Gasteiger charge is -2.05. The minimum Gasteiger partial charge on any atom is -0.462 e. The molecule has 140 valence electrons. The van der Waals surface area contributed by atoms with Crippen molar-refractivity contribution in [3.05, 3.63) is 51.1 Å². The molecule has 2 aromatic heterocycles. The van der Waals surface area contributed by atoms with Crippen molar-refractivity contribution in [2.75, 3.05) is 11.9 Å². The van der Waals surface area contributed by atoms with Crippen LogP contribution in [-0.2, 0) is 16.1 Å². The summed E-state index contributed by atoms with van der Waals surface area (Å²) >= 11 is 1.04. The second-order valence-electron chi connectivity index (χ2n) is 5.61. The van der Waals surface area contributed by atoms with Crippen LogP contribution in [0.1, 0.15) is 22.3 Å². The standard InChI is InChI=1S/C17H16N4O5S/c1-3-26-16(23)15-10(2)18-17(27-15)19-14(22)9-20-8-7-11-12(20)5-4-6-13(11)21(24)25/h4-8H,3,9H2,1-2H3,(H,18,19,22). The molecule has 1 aromatic carbocycles. The molecule has 1 N–H and O–H groups in total. The SMILES string of the molecule is CCOC(=O)c1sc(NC(=O)Cn2ccc3c([N+](=O)[O-])cccc32)nc1C. The highest BCUT2D eigenvalue weighted by atomic mass is 32.1. The van der Waals surface area contributed by atoms with Crippen LogP contribution in [0, 0.1) is 17.0 Å². The van der Waals surface area contributed by atoms with Crippen LogP contribution in [0.2, 0.25) is 0 Å². The maximum Gasteiger partial charge on any atom is 0.350 e. The van der Waals surface area contributed by atoms with Crippen LogP contribution in [0.3, 0.4) is 0 Å². The largest absolute Gasteiger partial charge is 0.462 e. The number of aryl methyl sites for hydroxylation is 1. The third-order valence-corrected chi connectivity index (χ3v) is 4.86. The van der Waals surface area contributed by atoms with Gasteiger partial charge in [-0.05, 0) is 26.0 Å². The minimum absolute atomic E-state index is 0.0127. The van der Waals surface area contributed by atoms with E-state index in [-0.39, 0.29) is 24.7 Å². The van der Waals surface area contributed by atoms with E-state index in [4.69, 9.17) is 4.74 Å². The second-order valence-corrected chi connectivity index (χ2v) is 6.61. The van der Waals surface area contributed by atoms with E-state index in [0.717, 1.165) is 11.3 Å². The van der Waals surface area contributed by atoms with Crippen molar-refractivity contribution in [2.24, 2.45) is 0 Å². The zero-order valence-corrected chi connectivity index (χ0v) is 15.4. The van der Waals surface area contributed by atoms with E-state index in [2.05, 4.69) is 10.3 Å². The number of nitrogens with one attached hydrogen (secondary N) is 1. The molecule has 1 amide bonds. The molecule has 0 aliphatic rings. The van der Waals surface area contributed by atoms with Crippen molar-refractivity contribution >= 4 is 44.9 Å². The van der Waals surface area contributed by atoms with Gasteiger partial charge >= 0.3 is 5.97 Å². The van der Waals surface area contributed by atoms with Crippen molar-refractivity contribution < 1.29 is 19.2 Å². The van der Waals surface area contributed by atoms with Crippen LogP contribution in [0.5, 0.6) is 0 Å². The molecular weight excluding hydrogens is 372 g/mol. The third-order valence-electron chi connectivity index (χ3n) is 3.81. The summed E-state index contributed by atoms with van der Waals surface area (Å²) in [4.78, 5) is 39.3. The number of nitrogens with zero attached hydrogens (tertiary/aromatic N) is 3. The average Bonchev–Trinajstić information content (AvgIpc) is 3.18. The molecule has 9 nitrogen and oxygen atoms in total. The topological polar surface area (TPSA) is 116 Å². The number of hydrogen-bond acceptors (Lipinski definition) is 7. The average molecular weight is 388 g/mol. The van der Waals surface area contributed by atoms with Crippen LogP contribution in [0.4, 0.5) is 10.8 Å². The summed E-state index contributed by atoms with van der Waals surface area (Å²) in [6.07, 6.45) is 1.62. The molecule has 27 heavy (non-hydrogen) atoms. The number of rotatable bonds is 6. The summed E-state index contributed by atoms with van der Waals surface area (Å²) in [6, 6.07) is 6.31. The van der Waals surface area contributed by atoms with Crippen LogP contribution < -0.4 is 5.32 Å². The zero-order chi connectivity index (χ0) is 19.6. The smallest absolute Gasteiger partial charge is 0.350 e. The molecule has 10 heteroatoms. The number of non-ortho nitro benzene ring substituents is 1. The molecule has 0 saturated heterocycles. The van der Waals surface area contributed by atoms with Gasteiger partial charge in [0.05, 0.1) is 28.1 Å². The number of thiazole rings is 1. The number of hydrogen-bond donors (Lipinski definition) is 1. The summed E-state index contributed by atoms with van der Waals surface area (Å²) in [5.41, 5.74) is 1.05. The predicted octanol–water partition coefficient (Wildman–Crippen LogP) is 3.13. The van der Waals surface area contributed by atoms with Gasteiger partial charge in [0.2, 0.25) is 5.91 Å². The van der Waals surface area contributed by atoms with Gasteiger partial charge in [-0.25, -0.2) is 9.78 Å². The molecule has 3 aromatic rings. The first-order valence-electron chi connectivity index (χ1n) is 8.07. The molecule has 3 rings (SSSR count). The lowest BCUT2D eigenvalue weighted by Crippen LogP contribution is -2.18. The Morgan fingerprint density at radius 2 is 2.15 bits per heavy atom. The number of benzene rings is 1. The summed E-state index contributed by atoms with van der Waals surface area (Å²) < 4.78 is 6.57. The molecule has 0 spiro atoms. The second kappa shape index (κ2) is 7.54. The Balaban J connectivity index is 1.76. The van der Waals surface area contributed by atoms with Crippen molar-refractivity contribution in [3.63, 3.8) is 0 Å². The number of aromatic nitrogens is 2. The zero-order valence-electron chi connectivity index (χ0n) is 14.6. The number of nitro groups is 1. The van der Waals surface area contributed by atoms with Gasteiger partial charge in [0.1, 0.15) is 11.4 Å². The third kappa shape index (κ3) is 3.80. The highest BCUT2D eigenvalue weighted by Gasteiger charge is 2.19. The molecule has 0 unspecified atom stereocenters. The summed E-state index contributed by atoms with van der Waals surface area (Å²) in [5.74, 6) is -0.833. The molecule has 2 heterocycles. The fourth-order valence-corrected chi connectivity index (χ4v) is 3.53. The monoisotopic (exact) mass is 388 g/mol. The van der Waals surface area contributed by atoms with Gasteiger partial charge < -0.3 is 14.6 Å². The normalized spacial score (nSPS) is 10.7. The molecule has 0 aliphatic heterocycles. The first-order valence-corrected chi connectivity index (χ1v) is 8.89. The van der Waals surface area contributed by atoms with E-state index in [1.165, 1.54) is 6.07 Å². The number of amides is 1. The minimum atomic E-state index is -0.475. The van der Waals surface area contributed by atoms with Gasteiger partial charge in [0.25, 0.3) is 5.69 Å². The number of nitro benzene ring substituents is 1. The van der Waals surface area contributed by atoms with E-state index < -0.39 is 10.9 Å². The van der Waals surface area contributed by atoms with Crippen LogP contribution in [0.25, 0.3) is 10.9 Å². The summed E-state index contributed by atoms with van der Waals surface area (Å²) in [6.45, 7) is 3.59. The maximum atomic E-state index is 12.3. The Bertz CT molecular complexity index is 1040. The number of carbonyl (C=O) groups excluding carboxylic acids is 2.